The monoisotopic (exact) mass is 534 g/mol. The van der Waals surface area contributed by atoms with Crippen molar-refractivity contribution < 1.29 is 38.7 Å². The van der Waals surface area contributed by atoms with E-state index in [-0.39, 0.29) is 46.9 Å². The van der Waals surface area contributed by atoms with Crippen LogP contribution in [0.5, 0.6) is 0 Å². The van der Waals surface area contributed by atoms with Crippen LogP contribution in [0.3, 0.4) is 0 Å². The second-order valence-corrected chi connectivity index (χ2v) is 13.1. The summed E-state index contributed by atoms with van der Waals surface area (Å²) in [5.74, 6) is 0.553. The van der Waals surface area contributed by atoms with Crippen molar-refractivity contribution in [2.75, 3.05) is 13.7 Å². The Kier molecular flexibility index (Phi) is 8.11. The molecule has 0 radical (unpaired) electrons. The van der Waals surface area contributed by atoms with Crippen molar-refractivity contribution in [3.05, 3.63) is 11.6 Å². The minimum Gasteiger partial charge on any atom is -0.458 e. The molecule has 3 saturated carbocycles. The van der Waals surface area contributed by atoms with E-state index in [1.807, 2.05) is 6.92 Å². The minimum atomic E-state index is -0.655. The maximum atomic E-state index is 13.3. The first-order valence-corrected chi connectivity index (χ1v) is 14.6. The molecule has 2 N–H and O–H groups in total. The molecule has 4 fully saturated rings. The maximum Gasteiger partial charge on any atom is 0.331 e. The Balaban J connectivity index is 1.23. The van der Waals surface area contributed by atoms with Crippen molar-refractivity contribution in [2.24, 2.45) is 28.6 Å². The lowest BCUT2D eigenvalue weighted by Crippen LogP contribution is -2.52. The van der Waals surface area contributed by atoms with Gasteiger partial charge in [0.15, 0.2) is 6.29 Å². The van der Waals surface area contributed by atoms with Gasteiger partial charge in [0.05, 0.1) is 24.4 Å². The van der Waals surface area contributed by atoms with Crippen molar-refractivity contribution >= 4 is 11.8 Å². The van der Waals surface area contributed by atoms with Crippen LogP contribution in [0.25, 0.3) is 0 Å². The molecule has 5 rings (SSSR count). The zero-order chi connectivity index (χ0) is 27.2. The first-order valence-electron chi connectivity index (χ1n) is 14.6. The SMILES string of the molecule is CO[C@H]1C[C@@H](O[C@H]2CC[C@@]3(C)[C@H](CCC(=O)[C@H]3CC[C@]3(C)[C@H](O)CC[C@@H]3C3=CC(=O)OC3)C2)O[C@H](C)[C@H]1O. The van der Waals surface area contributed by atoms with Crippen LogP contribution < -0.4 is 0 Å². The highest BCUT2D eigenvalue weighted by atomic mass is 16.7. The van der Waals surface area contributed by atoms with Crippen LogP contribution >= 0.6 is 0 Å². The summed E-state index contributed by atoms with van der Waals surface area (Å²) in [5.41, 5.74) is 0.553. The Hall–Kier alpha value is -1.32. The molecule has 0 amide bonds. The molecule has 0 bridgehead atoms. The van der Waals surface area contributed by atoms with E-state index >= 15 is 0 Å². The molecule has 2 aliphatic heterocycles. The zero-order valence-electron chi connectivity index (χ0n) is 23.4. The van der Waals surface area contributed by atoms with Gasteiger partial charge in [0.1, 0.15) is 18.5 Å². The normalized spacial score (nSPS) is 47.5. The van der Waals surface area contributed by atoms with E-state index in [2.05, 4.69) is 13.8 Å². The van der Waals surface area contributed by atoms with E-state index in [1.54, 1.807) is 13.2 Å². The molecule has 0 aromatic rings. The number of esters is 1. The fourth-order valence-electron chi connectivity index (χ4n) is 8.52. The Morgan fingerprint density at radius 1 is 1.11 bits per heavy atom. The van der Waals surface area contributed by atoms with Gasteiger partial charge in [-0.25, -0.2) is 4.79 Å². The predicted octanol–water partition coefficient (Wildman–Crippen LogP) is 3.71. The van der Waals surface area contributed by atoms with Crippen LogP contribution in [-0.4, -0.2) is 72.5 Å². The highest BCUT2D eigenvalue weighted by molar-refractivity contribution is 5.85. The van der Waals surface area contributed by atoms with Crippen LogP contribution in [0, 0.1) is 28.6 Å². The van der Waals surface area contributed by atoms with Crippen LogP contribution in [0.2, 0.25) is 0 Å². The number of ether oxygens (including phenoxy) is 4. The Labute approximate surface area is 226 Å². The predicted molar refractivity (Wildman–Crippen MR) is 139 cm³/mol. The fraction of sp³-hybridized carbons (Fsp3) is 0.867. The smallest absolute Gasteiger partial charge is 0.331 e. The van der Waals surface area contributed by atoms with Crippen molar-refractivity contribution in [2.45, 2.75) is 122 Å². The molecule has 38 heavy (non-hydrogen) atoms. The quantitative estimate of drug-likeness (QED) is 0.376. The summed E-state index contributed by atoms with van der Waals surface area (Å²) in [7, 11) is 1.61. The van der Waals surface area contributed by atoms with E-state index < -0.39 is 18.5 Å². The van der Waals surface area contributed by atoms with Crippen LogP contribution in [0.1, 0.15) is 85.0 Å². The molecule has 2 heterocycles. The van der Waals surface area contributed by atoms with Gasteiger partial charge in [-0.1, -0.05) is 13.8 Å². The third kappa shape index (κ3) is 5.12. The van der Waals surface area contributed by atoms with Crippen molar-refractivity contribution in [1.82, 2.24) is 0 Å². The number of fused-ring (bicyclic) bond motifs is 1. The lowest BCUT2D eigenvalue weighted by atomic mass is 9.53. The highest BCUT2D eigenvalue weighted by Crippen LogP contribution is 2.57. The van der Waals surface area contributed by atoms with Gasteiger partial charge < -0.3 is 29.2 Å². The maximum absolute atomic E-state index is 13.3. The zero-order valence-corrected chi connectivity index (χ0v) is 23.4. The van der Waals surface area contributed by atoms with Gasteiger partial charge in [-0.2, -0.15) is 0 Å². The van der Waals surface area contributed by atoms with E-state index in [0.717, 1.165) is 50.5 Å². The number of aliphatic hydroxyl groups is 2. The van der Waals surface area contributed by atoms with Gasteiger partial charge in [-0.05, 0) is 81.1 Å². The van der Waals surface area contributed by atoms with Gasteiger partial charge >= 0.3 is 5.97 Å². The Morgan fingerprint density at radius 2 is 1.89 bits per heavy atom. The average molecular weight is 535 g/mol. The molecular weight excluding hydrogens is 488 g/mol. The number of carbonyl (C=O) groups is 2. The summed E-state index contributed by atoms with van der Waals surface area (Å²) in [6, 6.07) is 0. The second kappa shape index (κ2) is 10.9. The molecule has 1 saturated heterocycles. The van der Waals surface area contributed by atoms with Gasteiger partial charge in [-0.15, -0.1) is 0 Å². The molecule has 0 aromatic carbocycles. The second-order valence-electron chi connectivity index (χ2n) is 13.1. The molecule has 3 aliphatic carbocycles. The number of hydrogen-bond acceptors (Lipinski definition) is 8. The molecule has 8 nitrogen and oxygen atoms in total. The number of carbonyl (C=O) groups excluding carboxylic acids is 2. The van der Waals surface area contributed by atoms with Gasteiger partial charge in [0, 0.05) is 37.4 Å². The minimum absolute atomic E-state index is 0.0260. The number of rotatable bonds is 7. The summed E-state index contributed by atoms with van der Waals surface area (Å²) in [6.07, 6.45) is 7.34. The average Bonchev–Trinajstić information content (AvgIpc) is 3.43. The van der Waals surface area contributed by atoms with Gasteiger partial charge in [0.2, 0.25) is 0 Å². The summed E-state index contributed by atoms with van der Waals surface area (Å²) in [6.45, 7) is 6.60. The third-order valence-electron chi connectivity index (χ3n) is 11.1. The molecular formula is C30H46O8. The van der Waals surface area contributed by atoms with Gasteiger partial charge in [0.25, 0.3) is 0 Å². The largest absolute Gasteiger partial charge is 0.458 e. The number of aliphatic hydroxyl groups excluding tert-OH is 2. The summed E-state index contributed by atoms with van der Waals surface area (Å²) < 4.78 is 23.0. The van der Waals surface area contributed by atoms with E-state index in [9.17, 15) is 19.8 Å². The Morgan fingerprint density at radius 3 is 2.61 bits per heavy atom. The number of ketones is 1. The fourth-order valence-corrected chi connectivity index (χ4v) is 8.52. The van der Waals surface area contributed by atoms with Crippen molar-refractivity contribution in [3.8, 4) is 0 Å². The van der Waals surface area contributed by atoms with Crippen LogP contribution in [0.15, 0.2) is 11.6 Å². The number of cyclic esters (lactones) is 1. The standard InChI is InChI=1S/C30H46O8/c1-17-28(34)24(35-4)15-27(37-17)38-20-9-11-29(2)19(14-20)5-7-23(31)22(29)10-12-30(3)21(6-8-25(30)32)18-13-26(33)36-16-18/h13,17,19-22,24-25,27-28,32,34H,5-12,14-16H2,1-4H3/t17-,19-,20+,21-,22-,24+,25-,27-,28-,29+,30+/m1/s1. The lowest BCUT2D eigenvalue weighted by molar-refractivity contribution is -0.269. The topological polar surface area (TPSA) is 112 Å². The Bertz CT molecular complexity index is 933. The molecule has 0 aromatic heterocycles. The molecule has 8 heteroatoms. The highest BCUT2D eigenvalue weighted by Gasteiger charge is 2.53. The lowest BCUT2D eigenvalue weighted by Gasteiger charge is -2.52. The molecule has 214 valence electrons. The molecule has 0 unspecified atom stereocenters. The van der Waals surface area contributed by atoms with E-state index in [1.165, 1.54) is 0 Å². The molecule has 0 spiro atoms. The number of methoxy groups -OCH3 is 1. The molecule has 11 atom stereocenters. The summed E-state index contributed by atoms with van der Waals surface area (Å²) >= 11 is 0. The van der Waals surface area contributed by atoms with E-state index in [4.69, 9.17) is 18.9 Å². The number of Topliss-reactive ketones (excluding diaryl/α,β-unsaturated/α-hetero) is 1. The summed E-state index contributed by atoms with van der Waals surface area (Å²) in [4.78, 5) is 25.1. The first-order chi connectivity index (χ1) is 18.0. The van der Waals surface area contributed by atoms with Crippen LogP contribution in [0.4, 0.5) is 0 Å². The number of hydrogen-bond donors (Lipinski definition) is 2. The van der Waals surface area contributed by atoms with Gasteiger partial charge in [-0.3, -0.25) is 4.79 Å². The van der Waals surface area contributed by atoms with Crippen LogP contribution in [-0.2, 0) is 28.5 Å². The third-order valence-corrected chi connectivity index (χ3v) is 11.1. The first kappa shape index (κ1) is 28.2. The summed E-state index contributed by atoms with van der Waals surface area (Å²) in [5, 5.41) is 21.3. The van der Waals surface area contributed by atoms with Crippen molar-refractivity contribution in [3.63, 3.8) is 0 Å². The molecule has 5 aliphatic rings. The van der Waals surface area contributed by atoms with E-state index in [0.29, 0.717) is 37.6 Å². The van der Waals surface area contributed by atoms with Crippen molar-refractivity contribution in [1.29, 1.82) is 0 Å².